The summed E-state index contributed by atoms with van der Waals surface area (Å²) >= 11 is 0. The van der Waals surface area contributed by atoms with Crippen LogP contribution >= 0.6 is 0 Å². The molecule has 0 unspecified atom stereocenters. The summed E-state index contributed by atoms with van der Waals surface area (Å²) in [5.74, 6) is 0. The van der Waals surface area contributed by atoms with Gasteiger partial charge in [-0.25, -0.2) is 0 Å². The van der Waals surface area contributed by atoms with E-state index in [1.54, 1.807) is 0 Å². The van der Waals surface area contributed by atoms with E-state index in [1.165, 1.54) is 18.4 Å². The van der Waals surface area contributed by atoms with Crippen molar-refractivity contribution in [3.8, 4) is 0 Å². The van der Waals surface area contributed by atoms with Crippen molar-refractivity contribution < 1.29 is 34.0 Å². The molecule has 0 N–H and O–H groups in total. The molecule has 0 aliphatic carbocycles. The van der Waals surface area contributed by atoms with E-state index in [2.05, 4.69) is 37.3 Å². The summed E-state index contributed by atoms with van der Waals surface area (Å²) in [5.41, 5.74) is 1.44. The molecule has 0 aromatic heterocycles. The topological polar surface area (TPSA) is 0 Å². The van der Waals surface area contributed by atoms with Gasteiger partial charge in [-0.05, 0) is 12.0 Å². The van der Waals surface area contributed by atoms with Gasteiger partial charge in [0.2, 0.25) is 0 Å². The van der Waals surface area contributed by atoms with E-state index in [1.807, 2.05) is 0 Å². The average molecular weight is 304 g/mol. The van der Waals surface area contributed by atoms with Crippen LogP contribution in [0.1, 0.15) is 18.9 Å². The molecule has 1 aromatic carbocycles. The maximum atomic E-state index is 2.20. The molecule has 0 radical (unpaired) electrons. The van der Waals surface area contributed by atoms with E-state index < -0.39 is 0 Å². The first kappa shape index (κ1) is 18.7. The smallest absolute Gasteiger partial charge is 1.00 e. The molecule has 0 saturated heterocycles. The zero-order valence-corrected chi connectivity index (χ0v) is 11.9. The fraction of sp³-hybridized carbons (Fsp3) is 0.333. The second-order valence-electron chi connectivity index (χ2n) is 2.24. The Morgan fingerprint density at radius 1 is 1.00 bits per heavy atom. The van der Waals surface area contributed by atoms with Crippen LogP contribution in [0.5, 0.6) is 0 Å². The Morgan fingerprint density at radius 2 is 1.50 bits per heavy atom. The molecule has 0 fully saturated rings. The molecule has 0 heterocycles. The number of benzene rings is 1. The van der Waals surface area contributed by atoms with Crippen LogP contribution in [-0.2, 0) is 6.42 Å². The molecule has 12 heavy (non-hydrogen) atoms. The normalized spacial score (nSPS) is 7.08. The third-order valence-corrected chi connectivity index (χ3v) is 1.38. The molecule has 3 heteroatoms. The standard InChI is InChI=1S/C9H12.2BrH.Mg/c1-2-6-9-7-4-3-5-8-9;;;/h3-5,7-8H,2,6H2,1H3;2*1H;/q;;;+2/p-2. The largest absolute Gasteiger partial charge is 2.00 e. The van der Waals surface area contributed by atoms with Gasteiger partial charge in [-0.2, -0.15) is 0 Å². The zero-order chi connectivity index (χ0) is 6.53. The van der Waals surface area contributed by atoms with Crippen molar-refractivity contribution in [2.45, 2.75) is 19.8 Å². The Balaban J connectivity index is -0.000000270. The molecule has 0 saturated carbocycles. The van der Waals surface area contributed by atoms with Gasteiger partial charge in [0.25, 0.3) is 0 Å². The van der Waals surface area contributed by atoms with Gasteiger partial charge >= 0.3 is 23.1 Å². The fourth-order valence-corrected chi connectivity index (χ4v) is 0.933. The van der Waals surface area contributed by atoms with Crippen LogP contribution in [0.4, 0.5) is 0 Å². The minimum absolute atomic E-state index is 0. The minimum atomic E-state index is 0. The molecule has 0 spiro atoms. The predicted octanol–water partition coefficient (Wildman–Crippen LogP) is -3.73. The number of aryl methyl sites for hydroxylation is 1. The molecular weight excluding hydrogens is 292 g/mol. The molecular formula is C9H12Br2Mg. The first-order valence-electron chi connectivity index (χ1n) is 3.47. The van der Waals surface area contributed by atoms with E-state index in [0.29, 0.717) is 0 Å². The first-order chi connectivity index (χ1) is 4.43. The zero-order valence-electron chi connectivity index (χ0n) is 7.26. The number of halogens is 2. The van der Waals surface area contributed by atoms with Gasteiger partial charge in [-0.3, -0.25) is 0 Å². The van der Waals surface area contributed by atoms with Crippen LogP contribution in [0, 0.1) is 0 Å². The number of hydrogen-bond acceptors (Lipinski definition) is 0. The summed E-state index contributed by atoms with van der Waals surface area (Å²) in [4.78, 5) is 0. The second-order valence-corrected chi connectivity index (χ2v) is 2.24. The SMILES string of the molecule is CCCc1ccccc1.[Br-].[Br-].[Mg+2]. The summed E-state index contributed by atoms with van der Waals surface area (Å²) < 4.78 is 0. The van der Waals surface area contributed by atoms with Crippen molar-refractivity contribution in [2.24, 2.45) is 0 Å². The van der Waals surface area contributed by atoms with Crippen molar-refractivity contribution in [3.05, 3.63) is 35.9 Å². The van der Waals surface area contributed by atoms with Gasteiger partial charge in [0, 0.05) is 0 Å². The molecule has 0 atom stereocenters. The van der Waals surface area contributed by atoms with Gasteiger partial charge in [-0.1, -0.05) is 43.7 Å². The quantitative estimate of drug-likeness (QED) is 0.493. The van der Waals surface area contributed by atoms with Gasteiger partial charge in [0.15, 0.2) is 0 Å². The molecule has 64 valence electrons. The summed E-state index contributed by atoms with van der Waals surface area (Å²) in [6, 6.07) is 10.6. The second kappa shape index (κ2) is 11.9. The van der Waals surface area contributed by atoms with Gasteiger partial charge in [0.05, 0.1) is 0 Å². The Kier molecular flexibility index (Phi) is 18.6. The Hall–Kier alpha value is 0.946. The monoisotopic (exact) mass is 302 g/mol. The maximum absolute atomic E-state index is 2.20. The summed E-state index contributed by atoms with van der Waals surface area (Å²) in [6.45, 7) is 2.20. The first-order valence-corrected chi connectivity index (χ1v) is 3.47. The van der Waals surface area contributed by atoms with E-state index in [0.717, 1.165) is 0 Å². The van der Waals surface area contributed by atoms with Crippen molar-refractivity contribution in [3.63, 3.8) is 0 Å². The third-order valence-electron chi connectivity index (χ3n) is 1.38. The van der Waals surface area contributed by atoms with Crippen LogP contribution in [0.15, 0.2) is 30.3 Å². The van der Waals surface area contributed by atoms with Crippen molar-refractivity contribution in [2.75, 3.05) is 0 Å². The third kappa shape index (κ3) is 7.59. The molecule has 0 aliphatic rings. The van der Waals surface area contributed by atoms with Crippen LogP contribution in [0.2, 0.25) is 0 Å². The van der Waals surface area contributed by atoms with Crippen LogP contribution < -0.4 is 34.0 Å². The Morgan fingerprint density at radius 3 is 1.92 bits per heavy atom. The van der Waals surface area contributed by atoms with Gasteiger partial charge in [-0.15, -0.1) is 0 Å². The molecule has 0 nitrogen and oxygen atoms in total. The van der Waals surface area contributed by atoms with Gasteiger partial charge < -0.3 is 34.0 Å². The molecule has 1 aromatic rings. The predicted molar refractivity (Wildman–Crippen MR) is 46.2 cm³/mol. The van der Waals surface area contributed by atoms with Crippen molar-refractivity contribution in [1.29, 1.82) is 0 Å². The Labute approximate surface area is 112 Å². The summed E-state index contributed by atoms with van der Waals surface area (Å²) in [7, 11) is 0. The maximum Gasteiger partial charge on any atom is 2.00 e. The number of rotatable bonds is 2. The van der Waals surface area contributed by atoms with E-state index >= 15 is 0 Å². The fourth-order valence-electron chi connectivity index (χ4n) is 0.933. The van der Waals surface area contributed by atoms with Crippen molar-refractivity contribution in [1.82, 2.24) is 0 Å². The molecule has 0 bridgehead atoms. The van der Waals surface area contributed by atoms with Crippen LogP contribution in [0.25, 0.3) is 0 Å². The molecule has 1 rings (SSSR count). The summed E-state index contributed by atoms with van der Waals surface area (Å²) in [6.07, 6.45) is 2.45. The minimum Gasteiger partial charge on any atom is -1.00 e. The van der Waals surface area contributed by atoms with Crippen molar-refractivity contribution >= 4 is 23.1 Å². The Bertz CT molecular complexity index is 165. The van der Waals surface area contributed by atoms with E-state index in [9.17, 15) is 0 Å². The molecule has 0 aliphatic heterocycles. The summed E-state index contributed by atoms with van der Waals surface area (Å²) in [5, 5.41) is 0. The number of hydrogen-bond donors (Lipinski definition) is 0. The average Bonchev–Trinajstić information content (AvgIpc) is 1.91. The van der Waals surface area contributed by atoms with Crippen LogP contribution in [0.3, 0.4) is 0 Å². The van der Waals surface area contributed by atoms with E-state index in [4.69, 9.17) is 0 Å². The molecule has 0 amide bonds. The van der Waals surface area contributed by atoms with Crippen LogP contribution in [-0.4, -0.2) is 23.1 Å². The van der Waals surface area contributed by atoms with Gasteiger partial charge in [0.1, 0.15) is 0 Å². The van der Waals surface area contributed by atoms with E-state index in [-0.39, 0.29) is 57.0 Å².